The molecule has 0 spiro atoms. The van der Waals surface area contributed by atoms with Crippen LogP contribution < -0.4 is 9.16 Å². The first-order valence-corrected chi connectivity index (χ1v) is 9.16. The number of carbonyl (C=O) groups excluding carboxylic acids is 1. The third-order valence-electron chi connectivity index (χ3n) is 3.67. The van der Waals surface area contributed by atoms with E-state index in [4.69, 9.17) is 9.16 Å². The minimum absolute atomic E-state index is 0.0660. The number of hydrogen-bond donors (Lipinski definition) is 0. The Hall–Kier alpha value is -1.43. The van der Waals surface area contributed by atoms with Crippen LogP contribution in [-0.2, 0) is 0 Å². The van der Waals surface area contributed by atoms with Crippen LogP contribution in [0.4, 0.5) is 8.78 Å². The molecule has 3 nitrogen and oxygen atoms in total. The predicted octanol–water partition coefficient (Wildman–Crippen LogP) is 4.17. The molecular formula is C14H20F2O3Si. The van der Waals surface area contributed by atoms with Gasteiger partial charge in [-0.25, -0.2) is 8.78 Å². The molecule has 0 bridgehead atoms. The lowest BCUT2D eigenvalue weighted by Gasteiger charge is -2.36. The van der Waals surface area contributed by atoms with Crippen molar-refractivity contribution in [1.29, 1.82) is 0 Å². The van der Waals surface area contributed by atoms with Crippen LogP contribution in [-0.4, -0.2) is 21.7 Å². The Morgan fingerprint density at radius 3 is 2.20 bits per heavy atom. The Morgan fingerprint density at radius 2 is 1.80 bits per heavy atom. The van der Waals surface area contributed by atoms with Gasteiger partial charge in [0.1, 0.15) is 0 Å². The molecule has 0 atom stereocenters. The quantitative estimate of drug-likeness (QED) is 0.618. The van der Waals surface area contributed by atoms with Crippen molar-refractivity contribution >= 4 is 14.6 Å². The highest BCUT2D eigenvalue weighted by Gasteiger charge is 2.40. The van der Waals surface area contributed by atoms with Crippen LogP contribution in [0.15, 0.2) is 6.07 Å². The van der Waals surface area contributed by atoms with Gasteiger partial charge in [-0.2, -0.15) is 0 Å². The Labute approximate surface area is 119 Å². The van der Waals surface area contributed by atoms with Crippen LogP contribution in [0.5, 0.6) is 11.5 Å². The minimum atomic E-state index is -2.25. The highest BCUT2D eigenvalue weighted by molar-refractivity contribution is 6.74. The van der Waals surface area contributed by atoms with E-state index in [0.717, 1.165) is 6.07 Å². The van der Waals surface area contributed by atoms with Gasteiger partial charge in [-0.15, -0.1) is 0 Å². The second kappa shape index (κ2) is 5.52. The third-order valence-corrected chi connectivity index (χ3v) is 8.01. The van der Waals surface area contributed by atoms with Crippen molar-refractivity contribution in [3.05, 3.63) is 23.3 Å². The predicted molar refractivity (Wildman–Crippen MR) is 76.1 cm³/mol. The molecule has 0 saturated heterocycles. The van der Waals surface area contributed by atoms with Crippen LogP contribution in [0, 0.1) is 11.6 Å². The lowest BCUT2D eigenvalue weighted by molar-refractivity contribution is 0.111. The first kappa shape index (κ1) is 16.6. The van der Waals surface area contributed by atoms with E-state index in [1.165, 1.54) is 7.11 Å². The summed E-state index contributed by atoms with van der Waals surface area (Å²) < 4.78 is 38.1. The highest BCUT2D eigenvalue weighted by Crippen LogP contribution is 2.41. The van der Waals surface area contributed by atoms with E-state index in [2.05, 4.69) is 0 Å². The standard InChI is InChI=1S/C14H20F2O3Si/c1-14(2,3)20(5,6)19-11-7-10(15)12(16)9(8-17)13(11)18-4/h7-8H,1-6H3. The molecule has 112 valence electrons. The molecule has 1 aromatic rings. The van der Waals surface area contributed by atoms with Gasteiger partial charge in [0.05, 0.1) is 12.7 Å². The molecule has 0 N–H and O–H groups in total. The van der Waals surface area contributed by atoms with E-state index >= 15 is 0 Å². The summed E-state index contributed by atoms with van der Waals surface area (Å²) in [7, 11) is -0.965. The molecule has 0 aliphatic carbocycles. The van der Waals surface area contributed by atoms with Crippen LogP contribution >= 0.6 is 0 Å². The van der Waals surface area contributed by atoms with Crippen LogP contribution in [0.3, 0.4) is 0 Å². The van der Waals surface area contributed by atoms with Gasteiger partial charge in [-0.1, -0.05) is 20.8 Å². The van der Waals surface area contributed by atoms with Crippen LogP contribution in [0.25, 0.3) is 0 Å². The Bertz CT molecular complexity index is 522. The molecule has 0 fully saturated rings. The van der Waals surface area contributed by atoms with Gasteiger partial charge in [0.25, 0.3) is 8.32 Å². The zero-order valence-electron chi connectivity index (χ0n) is 12.6. The maximum atomic E-state index is 13.6. The fourth-order valence-corrected chi connectivity index (χ4v) is 2.43. The van der Waals surface area contributed by atoms with Gasteiger partial charge in [-0.05, 0) is 18.1 Å². The van der Waals surface area contributed by atoms with E-state index in [1.54, 1.807) is 0 Å². The van der Waals surface area contributed by atoms with Gasteiger partial charge < -0.3 is 9.16 Å². The highest BCUT2D eigenvalue weighted by atomic mass is 28.4. The Balaban J connectivity index is 3.40. The summed E-state index contributed by atoms with van der Waals surface area (Å²) in [5.41, 5.74) is -0.457. The Morgan fingerprint density at radius 1 is 1.25 bits per heavy atom. The average molecular weight is 302 g/mol. The maximum absolute atomic E-state index is 13.6. The van der Waals surface area contributed by atoms with Crippen molar-refractivity contribution in [3.63, 3.8) is 0 Å². The summed E-state index contributed by atoms with van der Waals surface area (Å²) in [6.07, 6.45) is 0.232. The molecule has 6 heteroatoms. The average Bonchev–Trinajstić information content (AvgIpc) is 2.31. The molecule has 0 aliphatic rings. The molecule has 1 aromatic carbocycles. The van der Waals surface area contributed by atoms with E-state index in [0.29, 0.717) is 0 Å². The van der Waals surface area contributed by atoms with Crippen LogP contribution in [0.1, 0.15) is 31.1 Å². The smallest absolute Gasteiger partial charge is 0.250 e. The van der Waals surface area contributed by atoms with E-state index < -0.39 is 25.5 Å². The number of methoxy groups -OCH3 is 1. The van der Waals surface area contributed by atoms with Gasteiger partial charge in [0.15, 0.2) is 29.4 Å². The van der Waals surface area contributed by atoms with Crippen molar-refractivity contribution in [1.82, 2.24) is 0 Å². The zero-order valence-corrected chi connectivity index (χ0v) is 13.6. The molecular weight excluding hydrogens is 282 g/mol. The normalized spacial score (nSPS) is 12.2. The van der Waals surface area contributed by atoms with Gasteiger partial charge in [-0.3, -0.25) is 4.79 Å². The molecule has 20 heavy (non-hydrogen) atoms. The molecule has 0 heterocycles. The SMILES string of the molecule is COc1c(O[Si](C)(C)C(C)(C)C)cc(F)c(F)c1C=O. The van der Waals surface area contributed by atoms with Crippen LogP contribution in [0.2, 0.25) is 18.1 Å². The summed E-state index contributed by atoms with van der Waals surface area (Å²) in [5.74, 6) is -2.34. The molecule has 0 aromatic heterocycles. The molecule has 1 rings (SSSR count). The molecule has 0 aliphatic heterocycles. The van der Waals surface area contributed by atoms with E-state index in [-0.39, 0.29) is 22.8 Å². The minimum Gasteiger partial charge on any atom is -0.541 e. The number of hydrogen-bond acceptors (Lipinski definition) is 3. The lowest BCUT2D eigenvalue weighted by atomic mass is 10.2. The summed E-state index contributed by atoms with van der Waals surface area (Å²) in [4.78, 5) is 10.9. The maximum Gasteiger partial charge on any atom is 0.250 e. The van der Waals surface area contributed by atoms with Gasteiger partial charge >= 0.3 is 0 Å². The molecule has 0 amide bonds. The van der Waals surface area contributed by atoms with Crippen molar-refractivity contribution < 1.29 is 22.7 Å². The molecule has 0 radical (unpaired) electrons. The second-order valence-electron chi connectivity index (χ2n) is 6.10. The second-order valence-corrected chi connectivity index (χ2v) is 10.8. The number of rotatable bonds is 4. The number of ether oxygens (including phenoxy) is 1. The number of benzene rings is 1. The number of aldehydes is 1. The fraction of sp³-hybridized carbons (Fsp3) is 0.500. The van der Waals surface area contributed by atoms with Crippen molar-refractivity contribution in [3.8, 4) is 11.5 Å². The first-order chi connectivity index (χ1) is 9.05. The van der Waals surface area contributed by atoms with Crippen molar-refractivity contribution in [2.45, 2.75) is 38.9 Å². The van der Waals surface area contributed by atoms with E-state index in [1.807, 2.05) is 33.9 Å². The molecule has 0 saturated carbocycles. The number of halogens is 2. The fourth-order valence-electron chi connectivity index (χ4n) is 1.42. The lowest BCUT2D eigenvalue weighted by Crippen LogP contribution is -2.44. The monoisotopic (exact) mass is 302 g/mol. The summed E-state index contributed by atoms with van der Waals surface area (Å²) >= 11 is 0. The molecule has 0 unspecified atom stereocenters. The zero-order chi connectivity index (χ0) is 15.7. The summed E-state index contributed by atoms with van der Waals surface area (Å²) in [5, 5.41) is -0.121. The largest absolute Gasteiger partial charge is 0.541 e. The third kappa shape index (κ3) is 3.00. The van der Waals surface area contributed by atoms with Crippen molar-refractivity contribution in [2.24, 2.45) is 0 Å². The Kier molecular flexibility index (Phi) is 4.58. The summed E-state index contributed by atoms with van der Waals surface area (Å²) in [6, 6.07) is 0.932. The van der Waals surface area contributed by atoms with E-state index in [9.17, 15) is 13.6 Å². The van der Waals surface area contributed by atoms with Gasteiger partial charge in [0, 0.05) is 6.07 Å². The van der Waals surface area contributed by atoms with Gasteiger partial charge in [0.2, 0.25) is 0 Å². The summed E-state index contributed by atoms with van der Waals surface area (Å²) in [6.45, 7) is 9.99. The number of carbonyl (C=O) groups is 1. The van der Waals surface area contributed by atoms with Crippen molar-refractivity contribution in [2.75, 3.05) is 7.11 Å². The topological polar surface area (TPSA) is 35.5 Å². The first-order valence-electron chi connectivity index (χ1n) is 6.25.